The van der Waals surface area contributed by atoms with Gasteiger partial charge in [-0.25, -0.2) is 17.7 Å². The number of hydrogen-bond donors (Lipinski definition) is 1. The summed E-state index contributed by atoms with van der Waals surface area (Å²) in [6.45, 7) is 0. The second-order valence-electron chi connectivity index (χ2n) is 5.32. The van der Waals surface area contributed by atoms with Gasteiger partial charge in [-0.2, -0.15) is 9.61 Å². The van der Waals surface area contributed by atoms with E-state index in [4.69, 9.17) is 0 Å². The quantitative estimate of drug-likeness (QED) is 0.691. The van der Waals surface area contributed by atoms with E-state index in [0.29, 0.717) is 15.9 Å². The molecule has 0 saturated heterocycles. The topological polar surface area (TPSA) is 96.7 Å². The number of aromatic nitrogens is 3. The van der Waals surface area contributed by atoms with Gasteiger partial charge in [0.25, 0.3) is 5.91 Å². The van der Waals surface area contributed by atoms with Crippen LogP contribution in [-0.4, -0.2) is 47.3 Å². The normalized spacial score (nSPS) is 11.8. The van der Waals surface area contributed by atoms with Crippen molar-refractivity contribution >= 4 is 43.3 Å². The molecule has 0 aliphatic rings. The minimum absolute atomic E-state index is 0.0177. The molecule has 3 rings (SSSR count). The van der Waals surface area contributed by atoms with Crippen molar-refractivity contribution < 1.29 is 13.2 Å². The van der Waals surface area contributed by atoms with Crippen LogP contribution in [0.1, 0.15) is 10.4 Å². The van der Waals surface area contributed by atoms with E-state index in [9.17, 15) is 13.2 Å². The Hall–Kier alpha value is -2.30. The summed E-state index contributed by atoms with van der Waals surface area (Å²) in [7, 11) is -0.822. The van der Waals surface area contributed by atoms with Crippen LogP contribution >= 0.6 is 15.9 Å². The van der Waals surface area contributed by atoms with Crippen LogP contribution in [-0.2, 0) is 10.0 Å². The third-order valence-corrected chi connectivity index (χ3v) is 6.29. The van der Waals surface area contributed by atoms with E-state index < -0.39 is 15.9 Å². The average molecular weight is 424 g/mol. The molecule has 0 unspecified atom stereocenters. The molecule has 2 heterocycles. The Morgan fingerprint density at radius 3 is 2.68 bits per heavy atom. The van der Waals surface area contributed by atoms with Crippen molar-refractivity contribution in [2.24, 2.45) is 0 Å². The largest absolute Gasteiger partial charge is 0.306 e. The van der Waals surface area contributed by atoms with Gasteiger partial charge in [0.15, 0.2) is 5.65 Å². The number of amides is 1. The lowest BCUT2D eigenvalue weighted by Gasteiger charge is -2.14. The smallest absolute Gasteiger partial charge is 0.256 e. The Bertz CT molecular complexity index is 1060. The molecule has 10 heteroatoms. The lowest BCUT2D eigenvalue weighted by atomic mass is 10.2. The van der Waals surface area contributed by atoms with Crippen molar-refractivity contribution in [2.45, 2.75) is 4.90 Å². The fourth-order valence-corrected chi connectivity index (χ4v) is 4.00. The summed E-state index contributed by atoms with van der Waals surface area (Å²) >= 11 is 3.22. The first-order valence-electron chi connectivity index (χ1n) is 7.13. The molecular formula is C15H14BrN5O3S. The number of halogens is 1. The molecule has 0 fully saturated rings. The van der Waals surface area contributed by atoms with E-state index in [1.165, 1.54) is 36.8 Å². The predicted molar refractivity (Wildman–Crippen MR) is 96.0 cm³/mol. The van der Waals surface area contributed by atoms with E-state index in [2.05, 4.69) is 31.3 Å². The molecule has 0 radical (unpaired) electrons. The zero-order valence-corrected chi connectivity index (χ0v) is 15.7. The van der Waals surface area contributed by atoms with E-state index in [-0.39, 0.29) is 10.5 Å². The second kappa shape index (κ2) is 6.54. The Labute approximate surface area is 152 Å². The monoisotopic (exact) mass is 423 g/mol. The molecule has 0 aliphatic heterocycles. The van der Waals surface area contributed by atoms with Crippen molar-refractivity contribution in [1.29, 1.82) is 0 Å². The molecule has 0 bridgehead atoms. The lowest BCUT2D eigenvalue weighted by molar-refractivity contribution is 0.102. The summed E-state index contributed by atoms with van der Waals surface area (Å²) < 4.78 is 27.7. The Kier molecular flexibility index (Phi) is 4.58. The molecule has 1 N–H and O–H groups in total. The van der Waals surface area contributed by atoms with E-state index >= 15 is 0 Å². The number of carbonyl (C=O) groups excluding carboxylic acids is 1. The zero-order chi connectivity index (χ0) is 18.2. The molecular weight excluding hydrogens is 410 g/mol. The van der Waals surface area contributed by atoms with E-state index in [1.54, 1.807) is 24.5 Å². The first-order chi connectivity index (χ1) is 11.8. The van der Waals surface area contributed by atoms with Crippen LogP contribution in [0.15, 0.2) is 52.1 Å². The maximum Gasteiger partial charge on any atom is 0.256 e. The molecule has 0 spiro atoms. The van der Waals surface area contributed by atoms with Crippen molar-refractivity contribution in [3.05, 3.63) is 52.8 Å². The average Bonchev–Trinajstić information content (AvgIpc) is 3.04. The van der Waals surface area contributed by atoms with Crippen LogP contribution in [0.5, 0.6) is 0 Å². The highest BCUT2D eigenvalue weighted by Crippen LogP contribution is 2.25. The minimum atomic E-state index is -3.68. The van der Waals surface area contributed by atoms with Gasteiger partial charge in [0.1, 0.15) is 5.82 Å². The maximum atomic E-state index is 12.5. The number of fused-ring (bicyclic) bond motifs is 1. The summed E-state index contributed by atoms with van der Waals surface area (Å²) in [5, 5.41) is 6.80. The predicted octanol–water partition coefficient (Wildman–Crippen LogP) is 1.99. The SMILES string of the molecule is CN(C)S(=O)(=O)c1cc(C(=O)Nc2ccnc3ccnn23)ccc1Br. The summed E-state index contributed by atoms with van der Waals surface area (Å²) in [4.78, 5) is 16.7. The molecule has 0 atom stereocenters. The van der Waals surface area contributed by atoms with Crippen molar-refractivity contribution in [2.75, 3.05) is 19.4 Å². The number of benzene rings is 1. The highest BCUT2D eigenvalue weighted by Gasteiger charge is 2.22. The summed E-state index contributed by atoms with van der Waals surface area (Å²) in [6, 6.07) is 7.71. The van der Waals surface area contributed by atoms with Gasteiger partial charge in [-0.3, -0.25) is 4.79 Å². The number of nitrogens with zero attached hydrogens (tertiary/aromatic N) is 4. The Balaban J connectivity index is 1.97. The number of anilines is 1. The van der Waals surface area contributed by atoms with Crippen LogP contribution in [0.25, 0.3) is 5.65 Å². The van der Waals surface area contributed by atoms with Crippen molar-refractivity contribution in [1.82, 2.24) is 18.9 Å². The first kappa shape index (κ1) is 17.5. The van der Waals surface area contributed by atoms with Gasteiger partial charge in [0.2, 0.25) is 10.0 Å². The van der Waals surface area contributed by atoms with Crippen LogP contribution in [0.3, 0.4) is 0 Å². The number of carbonyl (C=O) groups is 1. The Morgan fingerprint density at radius 1 is 1.20 bits per heavy atom. The minimum Gasteiger partial charge on any atom is -0.306 e. The number of hydrogen-bond acceptors (Lipinski definition) is 5. The number of nitrogens with one attached hydrogen (secondary N) is 1. The molecule has 1 aromatic carbocycles. The standard InChI is InChI=1S/C15H14BrN5O3S/c1-20(2)25(23,24)12-9-10(3-4-11(12)16)15(22)19-14-5-7-17-13-6-8-18-21(13)14/h3-9H,1-2H3,(H,19,22). The van der Waals surface area contributed by atoms with Crippen LogP contribution in [0.4, 0.5) is 5.82 Å². The molecule has 25 heavy (non-hydrogen) atoms. The summed E-state index contributed by atoms with van der Waals surface area (Å²) in [5.74, 6) is -0.0226. The molecule has 3 aromatic rings. The van der Waals surface area contributed by atoms with Gasteiger partial charge in [0, 0.05) is 36.4 Å². The van der Waals surface area contributed by atoms with Gasteiger partial charge in [-0.05, 0) is 40.2 Å². The molecule has 2 aromatic heterocycles. The summed E-state index contributed by atoms with van der Waals surface area (Å²) in [6.07, 6.45) is 3.12. The number of rotatable bonds is 4. The molecule has 1 amide bonds. The lowest BCUT2D eigenvalue weighted by Crippen LogP contribution is -2.23. The third-order valence-electron chi connectivity index (χ3n) is 3.48. The summed E-state index contributed by atoms with van der Waals surface area (Å²) in [5.41, 5.74) is 0.797. The van der Waals surface area contributed by atoms with Gasteiger partial charge < -0.3 is 5.32 Å². The van der Waals surface area contributed by atoms with Crippen LogP contribution in [0, 0.1) is 0 Å². The zero-order valence-electron chi connectivity index (χ0n) is 13.3. The maximum absolute atomic E-state index is 12.5. The highest BCUT2D eigenvalue weighted by molar-refractivity contribution is 9.10. The second-order valence-corrected chi connectivity index (χ2v) is 8.29. The molecule has 0 saturated carbocycles. The molecule has 8 nitrogen and oxygen atoms in total. The third kappa shape index (κ3) is 3.28. The van der Waals surface area contributed by atoms with Crippen LogP contribution in [0.2, 0.25) is 0 Å². The van der Waals surface area contributed by atoms with Gasteiger partial charge >= 0.3 is 0 Å². The van der Waals surface area contributed by atoms with Gasteiger partial charge in [-0.1, -0.05) is 0 Å². The Morgan fingerprint density at radius 2 is 1.96 bits per heavy atom. The molecule has 0 aliphatic carbocycles. The highest BCUT2D eigenvalue weighted by atomic mass is 79.9. The van der Waals surface area contributed by atoms with Crippen LogP contribution < -0.4 is 5.32 Å². The van der Waals surface area contributed by atoms with E-state index in [1.807, 2.05) is 0 Å². The van der Waals surface area contributed by atoms with E-state index in [0.717, 1.165) is 4.31 Å². The van der Waals surface area contributed by atoms with Crippen molar-refractivity contribution in [3.8, 4) is 0 Å². The van der Waals surface area contributed by atoms with Gasteiger partial charge in [-0.15, -0.1) is 0 Å². The number of sulfonamides is 1. The fraction of sp³-hybridized carbons (Fsp3) is 0.133. The molecule has 130 valence electrons. The van der Waals surface area contributed by atoms with Crippen molar-refractivity contribution in [3.63, 3.8) is 0 Å². The van der Waals surface area contributed by atoms with Gasteiger partial charge in [0.05, 0.1) is 11.1 Å². The first-order valence-corrected chi connectivity index (χ1v) is 9.36. The fourth-order valence-electron chi connectivity index (χ4n) is 2.16.